The highest BCUT2D eigenvalue weighted by Crippen LogP contribution is 2.20. The third-order valence-electron chi connectivity index (χ3n) is 3.07. The van der Waals surface area contributed by atoms with Gasteiger partial charge in [-0.1, -0.05) is 18.2 Å². The zero-order valence-electron chi connectivity index (χ0n) is 9.52. The molecule has 1 saturated carbocycles. The van der Waals surface area contributed by atoms with Gasteiger partial charge in [0.15, 0.2) is 5.78 Å². The summed E-state index contributed by atoms with van der Waals surface area (Å²) in [5.74, 6) is 0.149. The summed E-state index contributed by atoms with van der Waals surface area (Å²) in [6.45, 7) is 0.429. The molecule has 0 aliphatic heterocycles. The van der Waals surface area contributed by atoms with Gasteiger partial charge in [-0.25, -0.2) is 0 Å². The number of ketones is 1. The smallest absolute Gasteiger partial charge is 0.177 e. The van der Waals surface area contributed by atoms with Crippen molar-refractivity contribution < 1.29 is 4.79 Å². The monoisotopic (exact) mass is 226 g/mol. The Morgan fingerprint density at radius 3 is 3.00 bits per heavy atom. The quantitative estimate of drug-likeness (QED) is 0.812. The molecule has 0 atom stereocenters. The van der Waals surface area contributed by atoms with Crippen LogP contribution in [-0.2, 0) is 0 Å². The van der Waals surface area contributed by atoms with Gasteiger partial charge in [0.05, 0.1) is 12.1 Å². The summed E-state index contributed by atoms with van der Waals surface area (Å²) in [4.78, 5) is 16.4. The lowest BCUT2D eigenvalue weighted by Crippen LogP contribution is -2.24. The normalized spacial score (nSPS) is 15.1. The maximum Gasteiger partial charge on any atom is 0.177 e. The van der Waals surface area contributed by atoms with Crippen molar-refractivity contribution in [3.63, 3.8) is 0 Å². The van der Waals surface area contributed by atoms with E-state index >= 15 is 0 Å². The first-order valence-electron chi connectivity index (χ1n) is 5.95. The molecule has 1 heterocycles. The van der Waals surface area contributed by atoms with Crippen LogP contribution in [0.5, 0.6) is 0 Å². The average Bonchev–Trinajstić information content (AvgIpc) is 3.19. The van der Waals surface area contributed by atoms with Crippen molar-refractivity contribution in [2.24, 2.45) is 0 Å². The van der Waals surface area contributed by atoms with E-state index < -0.39 is 0 Å². The van der Waals surface area contributed by atoms with Gasteiger partial charge in [-0.05, 0) is 25.0 Å². The highest BCUT2D eigenvalue weighted by molar-refractivity contribution is 6.08. The zero-order valence-corrected chi connectivity index (χ0v) is 9.52. The molecule has 1 N–H and O–H groups in total. The molecular formula is C14H14N2O. The molecule has 0 spiro atoms. The van der Waals surface area contributed by atoms with E-state index in [1.54, 1.807) is 6.20 Å². The molecule has 1 fully saturated rings. The summed E-state index contributed by atoms with van der Waals surface area (Å²) in [6, 6.07) is 10.1. The number of carbonyl (C=O) groups is 1. The van der Waals surface area contributed by atoms with Crippen molar-refractivity contribution in [2.75, 3.05) is 6.54 Å². The molecule has 1 aliphatic rings. The van der Waals surface area contributed by atoms with Crippen molar-refractivity contribution in [2.45, 2.75) is 18.9 Å². The van der Waals surface area contributed by atoms with Gasteiger partial charge in [-0.3, -0.25) is 9.78 Å². The van der Waals surface area contributed by atoms with Gasteiger partial charge in [-0.15, -0.1) is 0 Å². The van der Waals surface area contributed by atoms with E-state index in [0.717, 1.165) is 16.5 Å². The molecule has 1 aliphatic carbocycles. The molecule has 3 heteroatoms. The predicted molar refractivity (Wildman–Crippen MR) is 67.1 cm³/mol. The van der Waals surface area contributed by atoms with Gasteiger partial charge in [0.25, 0.3) is 0 Å². The van der Waals surface area contributed by atoms with E-state index in [-0.39, 0.29) is 5.78 Å². The number of pyridine rings is 1. The lowest BCUT2D eigenvalue weighted by atomic mass is 10.0. The Morgan fingerprint density at radius 2 is 2.18 bits per heavy atom. The fourth-order valence-corrected chi connectivity index (χ4v) is 1.97. The fourth-order valence-electron chi connectivity index (χ4n) is 1.97. The second kappa shape index (κ2) is 4.26. The maximum absolute atomic E-state index is 12.1. The number of nitrogens with zero attached hydrogens (tertiary/aromatic N) is 1. The van der Waals surface area contributed by atoms with Crippen molar-refractivity contribution in [1.82, 2.24) is 10.3 Å². The van der Waals surface area contributed by atoms with Gasteiger partial charge >= 0.3 is 0 Å². The minimum absolute atomic E-state index is 0.149. The Morgan fingerprint density at radius 1 is 1.29 bits per heavy atom. The molecule has 0 radical (unpaired) electrons. The second-order valence-electron chi connectivity index (χ2n) is 4.45. The third kappa shape index (κ3) is 2.19. The average molecular weight is 226 g/mol. The Labute approximate surface area is 99.9 Å². The Bertz CT molecular complexity index is 556. The van der Waals surface area contributed by atoms with Gasteiger partial charge < -0.3 is 5.32 Å². The lowest BCUT2D eigenvalue weighted by molar-refractivity contribution is 0.0992. The topological polar surface area (TPSA) is 42.0 Å². The number of fused-ring (bicyclic) bond motifs is 1. The lowest BCUT2D eigenvalue weighted by Gasteiger charge is -2.05. The predicted octanol–water partition coefficient (Wildman–Crippen LogP) is 2.17. The van der Waals surface area contributed by atoms with E-state index in [1.807, 2.05) is 30.3 Å². The standard InChI is InChI=1S/C14H14N2O/c17-14(9-16-10-6-7-10)12-3-1-5-13-11(12)4-2-8-15-13/h1-5,8,10,16H,6-7,9H2. The van der Waals surface area contributed by atoms with Gasteiger partial charge in [-0.2, -0.15) is 0 Å². The Balaban J connectivity index is 1.89. The van der Waals surface area contributed by atoms with Crippen molar-refractivity contribution in [3.8, 4) is 0 Å². The third-order valence-corrected chi connectivity index (χ3v) is 3.07. The van der Waals surface area contributed by atoms with E-state index in [4.69, 9.17) is 0 Å². The van der Waals surface area contributed by atoms with Crippen LogP contribution < -0.4 is 5.32 Å². The van der Waals surface area contributed by atoms with E-state index in [1.165, 1.54) is 12.8 Å². The summed E-state index contributed by atoms with van der Waals surface area (Å²) in [7, 11) is 0. The minimum atomic E-state index is 0.149. The van der Waals surface area contributed by atoms with E-state index in [2.05, 4.69) is 10.3 Å². The zero-order chi connectivity index (χ0) is 11.7. The van der Waals surface area contributed by atoms with Gasteiger partial charge in [0.1, 0.15) is 0 Å². The molecule has 3 rings (SSSR count). The Hall–Kier alpha value is -1.74. The summed E-state index contributed by atoms with van der Waals surface area (Å²) >= 11 is 0. The van der Waals surface area contributed by atoms with Crippen LogP contribution in [0.4, 0.5) is 0 Å². The number of aromatic nitrogens is 1. The molecule has 86 valence electrons. The largest absolute Gasteiger partial charge is 0.307 e. The fraction of sp³-hybridized carbons (Fsp3) is 0.286. The number of hydrogen-bond acceptors (Lipinski definition) is 3. The molecule has 2 aromatic rings. The summed E-state index contributed by atoms with van der Waals surface area (Å²) in [5.41, 5.74) is 1.65. The van der Waals surface area contributed by atoms with Crippen LogP contribution in [0, 0.1) is 0 Å². The molecule has 0 saturated heterocycles. The van der Waals surface area contributed by atoms with E-state index in [9.17, 15) is 4.79 Å². The first-order valence-corrected chi connectivity index (χ1v) is 5.95. The van der Waals surface area contributed by atoms with Crippen LogP contribution in [0.3, 0.4) is 0 Å². The molecular weight excluding hydrogens is 212 g/mol. The van der Waals surface area contributed by atoms with Crippen LogP contribution in [0.15, 0.2) is 36.5 Å². The second-order valence-corrected chi connectivity index (χ2v) is 4.45. The minimum Gasteiger partial charge on any atom is -0.307 e. The summed E-state index contributed by atoms with van der Waals surface area (Å²) in [6.07, 6.45) is 4.15. The van der Waals surface area contributed by atoms with E-state index in [0.29, 0.717) is 12.6 Å². The SMILES string of the molecule is O=C(CNC1CC1)c1cccc2ncccc12. The molecule has 0 amide bonds. The van der Waals surface area contributed by atoms with Crippen LogP contribution in [0.1, 0.15) is 23.2 Å². The molecule has 1 aromatic carbocycles. The van der Waals surface area contributed by atoms with Crippen molar-refractivity contribution in [1.29, 1.82) is 0 Å². The molecule has 17 heavy (non-hydrogen) atoms. The van der Waals surface area contributed by atoms with Crippen LogP contribution >= 0.6 is 0 Å². The van der Waals surface area contributed by atoms with Crippen LogP contribution in [-0.4, -0.2) is 23.4 Å². The molecule has 3 nitrogen and oxygen atoms in total. The maximum atomic E-state index is 12.1. The van der Waals surface area contributed by atoms with Crippen molar-refractivity contribution in [3.05, 3.63) is 42.1 Å². The number of Topliss-reactive ketones (excluding diaryl/α,β-unsaturated/α-hetero) is 1. The Kier molecular flexibility index (Phi) is 2.61. The number of carbonyl (C=O) groups excluding carboxylic acids is 1. The molecule has 0 bridgehead atoms. The summed E-state index contributed by atoms with van der Waals surface area (Å²) < 4.78 is 0. The first kappa shape index (κ1) is 10.4. The molecule has 0 unspecified atom stereocenters. The molecule has 1 aromatic heterocycles. The number of rotatable bonds is 4. The van der Waals surface area contributed by atoms with Crippen LogP contribution in [0.2, 0.25) is 0 Å². The number of hydrogen-bond donors (Lipinski definition) is 1. The van der Waals surface area contributed by atoms with Gasteiger partial charge in [0, 0.05) is 23.2 Å². The van der Waals surface area contributed by atoms with Crippen LogP contribution in [0.25, 0.3) is 10.9 Å². The number of nitrogens with one attached hydrogen (secondary N) is 1. The highest BCUT2D eigenvalue weighted by Gasteiger charge is 2.21. The summed E-state index contributed by atoms with van der Waals surface area (Å²) in [5, 5.41) is 4.19. The number of benzene rings is 1. The first-order chi connectivity index (χ1) is 8.34. The van der Waals surface area contributed by atoms with Gasteiger partial charge in [0.2, 0.25) is 0 Å². The van der Waals surface area contributed by atoms with Crippen molar-refractivity contribution >= 4 is 16.7 Å². The highest BCUT2D eigenvalue weighted by atomic mass is 16.1.